The van der Waals surface area contributed by atoms with Gasteiger partial charge in [0.15, 0.2) is 0 Å². The predicted molar refractivity (Wildman–Crippen MR) is 103 cm³/mol. The maximum absolute atomic E-state index is 12.3. The van der Waals surface area contributed by atoms with Crippen LogP contribution in [0, 0.1) is 11.5 Å². The summed E-state index contributed by atoms with van der Waals surface area (Å²) in [5.41, 5.74) is 11.7. The van der Waals surface area contributed by atoms with Crippen LogP contribution in [0.4, 0.5) is 11.4 Å². The highest BCUT2D eigenvalue weighted by Gasteiger charge is 2.11. The molecule has 5 heteroatoms. The van der Waals surface area contributed by atoms with Gasteiger partial charge in [0.05, 0.1) is 5.56 Å². The molecule has 0 aromatic heterocycles. The van der Waals surface area contributed by atoms with Crippen molar-refractivity contribution >= 4 is 41.3 Å². The molecule has 3 N–H and O–H groups in total. The third-order valence-corrected chi connectivity index (χ3v) is 4.35. The number of hydrogen-bond donors (Lipinski definition) is 2. The Morgan fingerprint density at radius 2 is 1.78 bits per heavy atom. The zero-order valence-corrected chi connectivity index (χ0v) is 16.0. The predicted octanol–water partition coefficient (Wildman–Crippen LogP) is 4.51. The van der Waals surface area contributed by atoms with Crippen LogP contribution in [0.5, 0.6) is 0 Å². The normalized spacial score (nSPS) is 10.6. The van der Waals surface area contributed by atoms with Crippen molar-refractivity contribution in [2.45, 2.75) is 19.6 Å². The third-order valence-electron chi connectivity index (χ3n) is 2.98. The van der Waals surface area contributed by atoms with Gasteiger partial charge in [-0.1, -0.05) is 41.5 Å². The summed E-state index contributed by atoms with van der Waals surface area (Å²) in [6, 6.07) is 12.7. The lowest BCUT2D eigenvalue weighted by Crippen LogP contribution is -2.16. The van der Waals surface area contributed by atoms with Gasteiger partial charge in [0.1, 0.15) is 8.07 Å². The molecule has 2 aromatic rings. The lowest BCUT2D eigenvalue weighted by molar-refractivity contribution is 0.102. The number of halogens is 1. The van der Waals surface area contributed by atoms with Crippen LogP contribution in [0.15, 0.2) is 46.9 Å². The van der Waals surface area contributed by atoms with Crippen molar-refractivity contribution in [3.63, 3.8) is 0 Å². The minimum absolute atomic E-state index is 0.232. The fourth-order valence-corrected chi connectivity index (χ4v) is 2.70. The highest BCUT2D eigenvalue weighted by molar-refractivity contribution is 9.10. The summed E-state index contributed by atoms with van der Waals surface area (Å²) in [5.74, 6) is 2.95. The van der Waals surface area contributed by atoms with Crippen LogP contribution in [-0.2, 0) is 0 Å². The van der Waals surface area contributed by atoms with Gasteiger partial charge in [-0.3, -0.25) is 4.79 Å². The first-order chi connectivity index (χ1) is 10.7. The molecule has 1 amide bonds. The van der Waals surface area contributed by atoms with E-state index in [0.717, 1.165) is 10.0 Å². The summed E-state index contributed by atoms with van der Waals surface area (Å²) in [7, 11) is -1.38. The molecule has 0 saturated carbocycles. The van der Waals surface area contributed by atoms with E-state index in [1.807, 2.05) is 24.3 Å². The Morgan fingerprint density at radius 1 is 1.13 bits per heavy atom. The number of nitrogens with one attached hydrogen (secondary N) is 1. The molecule has 0 radical (unpaired) electrons. The first kappa shape index (κ1) is 17.3. The van der Waals surface area contributed by atoms with E-state index >= 15 is 0 Å². The third kappa shape index (κ3) is 5.27. The molecule has 0 saturated heterocycles. The second-order valence-corrected chi connectivity index (χ2v) is 11.9. The Kier molecular flexibility index (Phi) is 5.29. The Hall–Kier alpha value is -2.03. The molecule has 0 aliphatic heterocycles. The number of anilines is 2. The standard InChI is InChI=1S/C18H19BrN2OSi/c1-23(2,3)11-10-13-4-7-15(8-5-13)21-18(22)16-12-14(19)6-9-17(16)20/h4-9,12H,20H2,1-3H3,(H,21,22). The largest absolute Gasteiger partial charge is 0.398 e. The highest BCUT2D eigenvalue weighted by atomic mass is 79.9. The lowest BCUT2D eigenvalue weighted by atomic mass is 10.1. The van der Waals surface area contributed by atoms with E-state index in [-0.39, 0.29) is 5.91 Å². The molecule has 0 aliphatic rings. The Morgan fingerprint density at radius 3 is 2.39 bits per heavy atom. The van der Waals surface area contributed by atoms with Gasteiger partial charge in [-0.15, -0.1) is 5.54 Å². The lowest BCUT2D eigenvalue weighted by Gasteiger charge is -2.08. The average molecular weight is 387 g/mol. The molecular formula is C18H19BrN2OSi. The summed E-state index contributed by atoms with van der Waals surface area (Å²) in [6.45, 7) is 6.62. The number of nitrogen functional groups attached to an aromatic ring is 1. The molecule has 2 aromatic carbocycles. The van der Waals surface area contributed by atoms with Gasteiger partial charge < -0.3 is 11.1 Å². The van der Waals surface area contributed by atoms with E-state index in [1.54, 1.807) is 18.2 Å². The van der Waals surface area contributed by atoms with E-state index in [9.17, 15) is 4.79 Å². The summed E-state index contributed by atoms with van der Waals surface area (Å²) in [6.07, 6.45) is 0. The van der Waals surface area contributed by atoms with Gasteiger partial charge in [-0.2, -0.15) is 0 Å². The number of carbonyl (C=O) groups is 1. The SMILES string of the molecule is C[Si](C)(C)C#Cc1ccc(NC(=O)c2cc(Br)ccc2N)cc1. The van der Waals surface area contributed by atoms with Crippen LogP contribution < -0.4 is 11.1 Å². The molecular weight excluding hydrogens is 368 g/mol. The number of benzene rings is 2. The molecule has 3 nitrogen and oxygen atoms in total. The minimum Gasteiger partial charge on any atom is -0.398 e. The fourth-order valence-electron chi connectivity index (χ4n) is 1.82. The minimum atomic E-state index is -1.38. The van der Waals surface area contributed by atoms with E-state index in [1.165, 1.54) is 0 Å². The van der Waals surface area contributed by atoms with Crippen molar-refractivity contribution in [1.29, 1.82) is 0 Å². The van der Waals surface area contributed by atoms with Crippen molar-refractivity contribution < 1.29 is 4.79 Å². The van der Waals surface area contributed by atoms with Crippen LogP contribution >= 0.6 is 15.9 Å². The van der Waals surface area contributed by atoms with Crippen LogP contribution in [-0.4, -0.2) is 14.0 Å². The maximum Gasteiger partial charge on any atom is 0.257 e. The van der Waals surface area contributed by atoms with E-state index < -0.39 is 8.07 Å². The average Bonchev–Trinajstić information content (AvgIpc) is 2.48. The van der Waals surface area contributed by atoms with Gasteiger partial charge in [0.2, 0.25) is 0 Å². The number of rotatable bonds is 2. The van der Waals surface area contributed by atoms with Crippen LogP contribution in [0.25, 0.3) is 0 Å². The molecule has 2 rings (SSSR count). The summed E-state index contributed by atoms with van der Waals surface area (Å²) < 4.78 is 0.814. The quantitative estimate of drug-likeness (QED) is 0.453. The fraction of sp³-hybridized carbons (Fsp3) is 0.167. The Balaban J connectivity index is 2.13. The molecule has 0 bridgehead atoms. The van der Waals surface area contributed by atoms with Crippen molar-refractivity contribution in [3.05, 3.63) is 58.1 Å². The summed E-state index contributed by atoms with van der Waals surface area (Å²) in [4.78, 5) is 12.3. The molecule has 0 atom stereocenters. The summed E-state index contributed by atoms with van der Waals surface area (Å²) >= 11 is 3.35. The zero-order chi connectivity index (χ0) is 17.0. The van der Waals surface area contributed by atoms with Crippen LogP contribution in [0.3, 0.4) is 0 Å². The molecule has 0 aliphatic carbocycles. The topological polar surface area (TPSA) is 55.1 Å². The molecule has 0 fully saturated rings. The monoisotopic (exact) mass is 386 g/mol. The van der Waals surface area contributed by atoms with Crippen molar-refractivity contribution in [1.82, 2.24) is 0 Å². The molecule has 0 unspecified atom stereocenters. The van der Waals surface area contributed by atoms with E-state index in [4.69, 9.17) is 5.73 Å². The maximum atomic E-state index is 12.3. The smallest absolute Gasteiger partial charge is 0.257 e. The molecule has 118 valence electrons. The number of hydrogen-bond acceptors (Lipinski definition) is 2. The van der Waals surface area contributed by atoms with E-state index in [0.29, 0.717) is 16.9 Å². The first-order valence-corrected chi connectivity index (χ1v) is 11.5. The molecule has 23 heavy (non-hydrogen) atoms. The zero-order valence-electron chi connectivity index (χ0n) is 13.4. The van der Waals surface area contributed by atoms with Gasteiger partial charge >= 0.3 is 0 Å². The van der Waals surface area contributed by atoms with Gasteiger partial charge in [0, 0.05) is 21.4 Å². The number of nitrogens with two attached hydrogens (primary N) is 1. The van der Waals surface area contributed by atoms with Gasteiger partial charge in [-0.25, -0.2) is 0 Å². The number of carbonyl (C=O) groups excluding carboxylic acids is 1. The highest BCUT2D eigenvalue weighted by Crippen LogP contribution is 2.20. The van der Waals surface area contributed by atoms with Crippen molar-refractivity contribution in [3.8, 4) is 11.5 Å². The van der Waals surface area contributed by atoms with E-state index in [2.05, 4.69) is 52.4 Å². The first-order valence-electron chi connectivity index (χ1n) is 7.24. The Labute approximate surface area is 146 Å². The van der Waals surface area contributed by atoms with Crippen molar-refractivity contribution in [2.24, 2.45) is 0 Å². The summed E-state index contributed by atoms with van der Waals surface area (Å²) in [5, 5.41) is 2.85. The Bertz CT molecular complexity index is 783. The van der Waals surface area contributed by atoms with Crippen LogP contribution in [0.1, 0.15) is 15.9 Å². The second kappa shape index (κ2) is 7.03. The van der Waals surface area contributed by atoms with Gasteiger partial charge in [0.25, 0.3) is 5.91 Å². The number of amides is 1. The molecule has 0 heterocycles. The van der Waals surface area contributed by atoms with Gasteiger partial charge in [-0.05, 0) is 42.5 Å². The van der Waals surface area contributed by atoms with Crippen LogP contribution in [0.2, 0.25) is 19.6 Å². The second-order valence-electron chi connectivity index (χ2n) is 6.26. The van der Waals surface area contributed by atoms with Crippen molar-refractivity contribution in [2.75, 3.05) is 11.1 Å². The molecule has 0 spiro atoms.